The second-order valence-corrected chi connectivity index (χ2v) is 5.52. The van der Waals surface area contributed by atoms with Gasteiger partial charge in [-0.15, -0.1) is 0 Å². The van der Waals surface area contributed by atoms with Gasteiger partial charge in [0.1, 0.15) is 5.82 Å². The lowest BCUT2D eigenvalue weighted by atomic mass is 10.1. The van der Waals surface area contributed by atoms with E-state index in [1.807, 2.05) is 37.1 Å². The average molecular weight is 323 g/mol. The van der Waals surface area contributed by atoms with Crippen molar-refractivity contribution in [2.24, 2.45) is 0 Å². The molecule has 2 N–H and O–H groups in total. The number of nitrogen functional groups attached to an aromatic ring is 1. The van der Waals surface area contributed by atoms with E-state index in [0.29, 0.717) is 17.9 Å². The van der Waals surface area contributed by atoms with Gasteiger partial charge in [0.15, 0.2) is 0 Å². The molecule has 0 radical (unpaired) electrons. The van der Waals surface area contributed by atoms with Crippen molar-refractivity contribution < 1.29 is 4.39 Å². The summed E-state index contributed by atoms with van der Waals surface area (Å²) in [4.78, 5) is 1.83. The van der Waals surface area contributed by atoms with Crippen LogP contribution in [0.5, 0.6) is 0 Å². The zero-order valence-electron chi connectivity index (χ0n) is 11.0. The van der Waals surface area contributed by atoms with Gasteiger partial charge >= 0.3 is 0 Å². The summed E-state index contributed by atoms with van der Waals surface area (Å²) >= 11 is 3.45. The molecule has 0 atom stereocenters. The lowest BCUT2D eigenvalue weighted by Crippen LogP contribution is -2.19. The number of aryl methyl sites for hydroxylation is 1. The Bertz CT molecular complexity index is 578. The minimum Gasteiger partial charge on any atom is -0.397 e. The lowest BCUT2D eigenvalue weighted by molar-refractivity contribution is 0.623. The zero-order valence-corrected chi connectivity index (χ0v) is 12.5. The van der Waals surface area contributed by atoms with Crippen molar-refractivity contribution >= 4 is 27.3 Å². The van der Waals surface area contributed by atoms with Crippen LogP contribution in [-0.4, -0.2) is 7.05 Å². The Hall–Kier alpha value is -1.55. The Kier molecular flexibility index (Phi) is 4.10. The van der Waals surface area contributed by atoms with Crippen LogP contribution in [0.2, 0.25) is 0 Å². The Morgan fingerprint density at radius 2 is 2.00 bits per heavy atom. The molecule has 0 saturated carbocycles. The second kappa shape index (κ2) is 5.61. The van der Waals surface area contributed by atoms with Gasteiger partial charge in [0.2, 0.25) is 0 Å². The van der Waals surface area contributed by atoms with Crippen LogP contribution in [-0.2, 0) is 6.54 Å². The molecule has 0 spiro atoms. The molecule has 4 heteroatoms. The maximum absolute atomic E-state index is 13.9. The maximum Gasteiger partial charge on any atom is 0.148 e. The van der Waals surface area contributed by atoms with Crippen molar-refractivity contribution in [2.75, 3.05) is 17.7 Å². The van der Waals surface area contributed by atoms with Crippen LogP contribution in [0, 0.1) is 12.7 Å². The molecule has 0 bridgehead atoms. The minimum absolute atomic E-state index is 0.296. The number of benzene rings is 2. The molecule has 100 valence electrons. The zero-order chi connectivity index (χ0) is 14.0. The number of nitrogens with zero attached hydrogens (tertiary/aromatic N) is 1. The third-order valence-electron chi connectivity index (χ3n) is 3.12. The molecule has 0 unspecified atom stereocenters. The first-order valence-electron chi connectivity index (χ1n) is 5.99. The minimum atomic E-state index is -0.296. The van der Waals surface area contributed by atoms with Gasteiger partial charge in [0.05, 0.1) is 11.4 Å². The van der Waals surface area contributed by atoms with Crippen molar-refractivity contribution in [3.63, 3.8) is 0 Å². The average Bonchev–Trinajstić information content (AvgIpc) is 2.33. The van der Waals surface area contributed by atoms with Crippen LogP contribution >= 0.6 is 15.9 Å². The van der Waals surface area contributed by atoms with Crippen LogP contribution in [0.25, 0.3) is 0 Å². The Morgan fingerprint density at radius 1 is 1.26 bits per heavy atom. The van der Waals surface area contributed by atoms with E-state index in [2.05, 4.69) is 15.9 Å². The number of halogens is 2. The molecule has 0 aliphatic rings. The topological polar surface area (TPSA) is 29.3 Å². The quantitative estimate of drug-likeness (QED) is 0.861. The van der Waals surface area contributed by atoms with Gasteiger partial charge in [-0.3, -0.25) is 0 Å². The smallest absolute Gasteiger partial charge is 0.148 e. The van der Waals surface area contributed by atoms with Crippen LogP contribution in [0.15, 0.2) is 40.9 Å². The van der Waals surface area contributed by atoms with E-state index >= 15 is 0 Å². The third-order valence-corrected chi connectivity index (χ3v) is 3.61. The number of nitrogens with two attached hydrogens (primary N) is 1. The van der Waals surface area contributed by atoms with E-state index in [4.69, 9.17) is 5.73 Å². The first-order chi connectivity index (χ1) is 8.99. The van der Waals surface area contributed by atoms with Crippen molar-refractivity contribution in [1.82, 2.24) is 0 Å². The van der Waals surface area contributed by atoms with Crippen LogP contribution in [0.1, 0.15) is 11.1 Å². The van der Waals surface area contributed by atoms with Crippen LogP contribution in [0.4, 0.5) is 15.8 Å². The van der Waals surface area contributed by atoms with Gasteiger partial charge in [-0.25, -0.2) is 4.39 Å². The molecule has 2 aromatic carbocycles. The SMILES string of the molecule is Cc1ccc(Br)cc1CN(C)c1c(N)cccc1F. The highest BCUT2D eigenvalue weighted by molar-refractivity contribution is 9.10. The molecule has 0 heterocycles. The summed E-state index contributed by atoms with van der Waals surface area (Å²) in [5.41, 5.74) is 9.06. The molecule has 0 aromatic heterocycles. The third kappa shape index (κ3) is 3.07. The highest BCUT2D eigenvalue weighted by atomic mass is 79.9. The standard InChI is InChI=1S/C15H16BrFN2/c1-10-6-7-12(16)8-11(10)9-19(2)15-13(17)4-3-5-14(15)18/h3-8H,9,18H2,1-2H3. The van der Waals surface area contributed by atoms with Crippen molar-refractivity contribution in [1.29, 1.82) is 0 Å². The summed E-state index contributed by atoms with van der Waals surface area (Å²) in [6.45, 7) is 2.65. The van der Waals surface area contributed by atoms with Crippen molar-refractivity contribution in [3.8, 4) is 0 Å². The first kappa shape index (κ1) is 13.9. The fourth-order valence-electron chi connectivity index (χ4n) is 2.08. The molecule has 19 heavy (non-hydrogen) atoms. The molecule has 2 nitrogen and oxygen atoms in total. The number of hydrogen-bond donors (Lipinski definition) is 1. The van der Waals surface area contributed by atoms with Crippen molar-refractivity contribution in [2.45, 2.75) is 13.5 Å². The van der Waals surface area contributed by atoms with Gasteiger partial charge in [-0.05, 0) is 42.3 Å². The monoisotopic (exact) mass is 322 g/mol. The second-order valence-electron chi connectivity index (χ2n) is 4.60. The highest BCUT2D eigenvalue weighted by Crippen LogP contribution is 2.27. The molecule has 2 rings (SSSR count). The number of para-hydroxylation sites is 1. The Labute approximate surface area is 121 Å². The summed E-state index contributed by atoms with van der Waals surface area (Å²) in [6.07, 6.45) is 0. The van der Waals surface area contributed by atoms with E-state index < -0.39 is 0 Å². The van der Waals surface area contributed by atoms with Crippen LogP contribution in [0.3, 0.4) is 0 Å². The summed E-state index contributed by atoms with van der Waals surface area (Å²) in [5.74, 6) is -0.296. The summed E-state index contributed by atoms with van der Waals surface area (Å²) in [5, 5.41) is 0. The van der Waals surface area contributed by atoms with Gasteiger partial charge in [0.25, 0.3) is 0 Å². The van der Waals surface area contributed by atoms with Gasteiger partial charge in [0, 0.05) is 18.1 Å². The molecular formula is C15H16BrFN2. The van der Waals surface area contributed by atoms with E-state index in [1.165, 1.54) is 11.6 Å². The van der Waals surface area contributed by atoms with E-state index in [9.17, 15) is 4.39 Å². The van der Waals surface area contributed by atoms with Gasteiger partial charge in [-0.2, -0.15) is 0 Å². The predicted molar refractivity (Wildman–Crippen MR) is 81.8 cm³/mol. The number of anilines is 2. The maximum atomic E-state index is 13.9. The molecule has 0 fully saturated rings. The normalized spacial score (nSPS) is 10.5. The van der Waals surface area contributed by atoms with E-state index in [1.54, 1.807) is 12.1 Å². The van der Waals surface area contributed by atoms with E-state index in [-0.39, 0.29) is 5.82 Å². The van der Waals surface area contributed by atoms with E-state index in [0.717, 1.165) is 10.0 Å². The Balaban J connectivity index is 2.31. The number of rotatable bonds is 3. The Morgan fingerprint density at radius 3 is 2.68 bits per heavy atom. The largest absolute Gasteiger partial charge is 0.397 e. The summed E-state index contributed by atoms with van der Waals surface area (Å²) < 4.78 is 14.9. The van der Waals surface area contributed by atoms with Crippen LogP contribution < -0.4 is 10.6 Å². The molecule has 0 aliphatic carbocycles. The predicted octanol–water partition coefficient (Wildman–Crippen LogP) is 4.12. The molecular weight excluding hydrogens is 307 g/mol. The fraction of sp³-hybridized carbons (Fsp3) is 0.200. The van der Waals surface area contributed by atoms with Gasteiger partial charge in [-0.1, -0.05) is 28.1 Å². The molecule has 0 amide bonds. The highest BCUT2D eigenvalue weighted by Gasteiger charge is 2.12. The molecule has 0 aliphatic heterocycles. The molecule has 0 saturated heterocycles. The summed E-state index contributed by atoms with van der Waals surface area (Å²) in [7, 11) is 1.84. The molecule has 2 aromatic rings. The fourth-order valence-corrected chi connectivity index (χ4v) is 2.49. The van der Waals surface area contributed by atoms with Crippen molar-refractivity contribution in [3.05, 3.63) is 57.8 Å². The first-order valence-corrected chi connectivity index (χ1v) is 6.78. The number of hydrogen-bond acceptors (Lipinski definition) is 2. The lowest BCUT2D eigenvalue weighted by Gasteiger charge is -2.22. The summed E-state index contributed by atoms with van der Waals surface area (Å²) in [6, 6.07) is 10.8. The van der Waals surface area contributed by atoms with Gasteiger partial charge < -0.3 is 10.6 Å².